The molecule has 2 rings (SSSR count). The van der Waals surface area contributed by atoms with Gasteiger partial charge in [-0.15, -0.1) is 11.6 Å². The Labute approximate surface area is 102 Å². The van der Waals surface area contributed by atoms with E-state index < -0.39 is 0 Å². The average molecular weight is 246 g/mol. The molecule has 0 spiro atoms. The minimum Gasteiger partial charge on any atom is -0.378 e. The molecule has 2 saturated heterocycles. The van der Waals surface area contributed by atoms with Crippen LogP contribution in [0.5, 0.6) is 0 Å². The Morgan fingerprint density at radius 3 is 2.75 bits per heavy atom. The number of ether oxygens (including phenoxy) is 1. The van der Waals surface area contributed by atoms with Gasteiger partial charge in [0.2, 0.25) is 5.91 Å². The number of rotatable bonds is 1. The average Bonchev–Trinajstić information content (AvgIpc) is 2.68. The van der Waals surface area contributed by atoms with Crippen LogP contribution in [0.15, 0.2) is 0 Å². The van der Waals surface area contributed by atoms with E-state index in [0.29, 0.717) is 19.1 Å². The molecular formula is C12H20ClNO2. The fraction of sp³-hybridized carbons (Fsp3) is 0.917. The first kappa shape index (κ1) is 12.2. The van der Waals surface area contributed by atoms with E-state index in [-0.39, 0.29) is 23.3 Å². The van der Waals surface area contributed by atoms with Crippen LogP contribution in [0.3, 0.4) is 0 Å². The molecule has 2 aliphatic heterocycles. The van der Waals surface area contributed by atoms with Crippen molar-refractivity contribution in [2.45, 2.75) is 38.2 Å². The van der Waals surface area contributed by atoms with Crippen LogP contribution in [0, 0.1) is 11.8 Å². The van der Waals surface area contributed by atoms with Crippen LogP contribution >= 0.6 is 11.6 Å². The van der Waals surface area contributed by atoms with Crippen LogP contribution in [0.1, 0.15) is 26.7 Å². The molecule has 2 aliphatic rings. The summed E-state index contributed by atoms with van der Waals surface area (Å²) in [6, 6.07) is 0. The number of likely N-dealkylation sites (tertiary alicyclic amines) is 1. The predicted molar refractivity (Wildman–Crippen MR) is 63.5 cm³/mol. The molecule has 0 N–H and O–H groups in total. The van der Waals surface area contributed by atoms with Crippen molar-refractivity contribution in [3.63, 3.8) is 0 Å². The van der Waals surface area contributed by atoms with Gasteiger partial charge in [-0.3, -0.25) is 4.79 Å². The summed E-state index contributed by atoms with van der Waals surface area (Å²) in [7, 11) is 0. The summed E-state index contributed by atoms with van der Waals surface area (Å²) in [6.45, 7) is 6.32. The lowest BCUT2D eigenvalue weighted by Gasteiger charge is -2.35. The summed E-state index contributed by atoms with van der Waals surface area (Å²) in [4.78, 5) is 14.1. The molecular weight excluding hydrogens is 226 g/mol. The number of carbonyl (C=O) groups is 1. The molecule has 2 heterocycles. The van der Waals surface area contributed by atoms with Crippen molar-refractivity contribution in [3.8, 4) is 0 Å². The Kier molecular flexibility index (Phi) is 3.75. The molecule has 0 aromatic heterocycles. The second kappa shape index (κ2) is 4.92. The number of nitrogens with zero attached hydrogens (tertiary/aromatic N) is 1. The maximum atomic E-state index is 12.2. The number of amides is 1. The number of halogens is 1. The van der Waals surface area contributed by atoms with Crippen molar-refractivity contribution in [3.05, 3.63) is 0 Å². The molecule has 2 fully saturated rings. The van der Waals surface area contributed by atoms with Gasteiger partial charge >= 0.3 is 0 Å². The van der Waals surface area contributed by atoms with Crippen molar-refractivity contribution >= 4 is 17.5 Å². The molecule has 0 radical (unpaired) electrons. The zero-order chi connectivity index (χ0) is 11.7. The van der Waals surface area contributed by atoms with E-state index in [2.05, 4.69) is 6.92 Å². The summed E-state index contributed by atoms with van der Waals surface area (Å²) in [5, 5.41) is 0.109. The molecule has 16 heavy (non-hydrogen) atoms. The summed E-state index contributed by atoms with van der Waals surface area (Å²) >= 11 is 6.22. The zero-order valence-electron chi connectivity index (χ0n) is 9.99. The standard InChI is InChI=1S/C12H20ClNO2/c1-8-3-4-14(6-11(8)13)12(15)10-5-9(2)16-7-10/h8-11H,3-7H2,1-2H3. The Bertz CT molecular complexity index is 272. The first-order chi connectivity index (χ1) is 7.58. The molecule has 0 aromatic carbocycles. The van der Waals surface area contributed by atoms with Crippen LogP contribution in [-0.2, 0) is 9.53 Å². The second-order valence-corrected chi connectivity index (χ2v) is 5.70. The van der Waals surface area contributed by atoms with Gasteiger partial charge in [-0.2, -0.15) is 0 Å². The Hall–Kier alpha value is -0.280. The van der Waals surface area contributed by atoms with Crippen molar-refractivity contribution < 1.29 is 9.53 Å². The van der Waals surface area contributed by atoms with Crippen LogP contribution in [0.2, 0.25) is 0 Å². The number of carbonyl (C=O) groups excluding carboxylic acids is 1. The third-order valence-corrected chi connectivity index (χ3v) is 4.29. The second-order valence-electron chi connectivity index (χ2n) is 5.14. The predicted octanol–water partition coefficient (Wildman–Crippen LogP) is 1.89. The van der Waals surface area contributed by atoms with E-state index in [1.54, 1.807) is 0 Å². The molecule has 0 bridgehead atoms. The first-order valence-corrected chi connectivity index (χ1v) is 6.56. The molecule has 4 heteroatoms. The van der Waals surface area contributed by atoms with Crippen LogP contribution in [-0.4, -0.2) is 42.0 Å². The molecule has 92 valence electrons. The highest BCUT2D eigenvalue weighted by Gasteiger charge is 2.34. The summed E-state index contributed by atoms with van der Waals surface area (Å²) < 4.78 is 5.44. The topological polar surface area (TPSA) is 29.5 Å². The van der Waals surface area contributed by atoms with Gasteiger partial charge in [0.15, 0.2) is 0 Å². The van der Waals surface area contributed by atoms with Gasteiger partial charge in [-0.1, -0.05) is 6.92 Å². The van der Waals surface area contributed by atoms with Gasteiger partial charge in [0.25, 0.3) is 0 Å². The van der Waals surface area contributed by atoms with Crippen LogP contribution in [0.4, 0.5) is 0 Å². The van der Waals surface area contributed by atoms with Crippen molar-refractivity contribution in [2.75, 3.05) is 19.7 Å². The Morgan fingerprint density at radius 2 is 2.19 bits per heavy atom. The molecule has 0 aromatic rings. The molecule has 4 unspecified atom stereocenters. The van der Waals surface area contributed by atoms with E-state index in [0.717, 1.165) is 19.4 Å². The molecule has 4 atom stereocenters. The minimum atomic E-state index is 0.0623. The molecule has 0 aliphatic carbocycles. The van der Waals surface area contributed by atoms with Gasteiger partial charge in [-0.25, -0.2) is 0 Å². The van der Waals surface area contributed by atoms with Crippen LogP contribution in [0.25, 0.3) is 0 Å². The number of hydrogen-bond donors (Lipinski definition) is 0. The summed E-state index contributed by atoms with van der Waals surface area (Å²) in [6.07, 6.45) is 2.10. The van der Waals surface area contributed by atoms with Crippen molar-refractivity contribution in [1.29, 1.82) is 0 Å². The number of hydrogen-bond acceptors (Lipinski definition) is 2. The SMILES string of the molecule is CC1CC(C(=O)N2CCC(C)C(Cl)C2)CO1. The molecule has 0 saturated carbocycles. The van der Waals surface area contributed by atoms with Crippen LogP contribution < -0.4 is 0 Å². The highest BCUT2D eigenvalue weighted by Crippen LogP contribution is 2.26. The normalized spacial score (nSPS) is 40.1. The smallest absolute Gasteiger partial charge is 0.228 e. The van der Waals surface area contributed by atoms with Gasteiger partial charge in [0.1, 0.15) is 0 Å². The fourth-order valence-electron chi connectivity index (χ4n) is 2.47. The molecule has 1 amide bonds. The Morgan fingerprint density at radius 1 is 1.44 bits per heavy atom. The van der Waals surface area contributed by atoms with Gasteiger partial charge in [0, 0.05) is 13.1 Å². The quantitative estimate of drug-likeness (QED) is 0.661. The largest absolute Gasteiger partial charge is 0.378 e. The third-order valence-electron chi connectivity index (χ3n) is 3.73. The first-order valence-electron chi connectivity index (χ1n) is 6.12. The third kappa shape index (κ3) is 2.51. The van der Waals surface area contributed by atoms with E-state index in [1.807, 2.05) is 11.8 Å². The summed E-state index contributed by atoms with van der Waals surface area (Å²) in [5.41, 5.74) is 0. The monoisotopic (exact) mass is 245 g/mol. The maximum absolute atomic E-state index is 12.2. The zero-order valence-corrected chi connectivity index (χ0v) is 10.7. The number of piperidine rings is 1. The van der Waals surface area contributed by atoms with Gasteiger partial charge in [-0.05, 0) is 25.7 Å². The number of alkyl halides is 1. The van der Waals surface area contributed by atoms with E-state index in [9.17, 15) is 4.79 Å². The minimum absolute atomic E-state index is 0.0623. The summed E-state index contributed by atoms with van der Waals surface area (Å²) in [5.74, 6) is 0.818. The maximum Gasteiger partial charge on any atom is 0.228 e. The van der Waals surface area contributed by atoms with E-state index in [1.165, 1.54) is 0 Å². The fourth-order valence-corrected chi connectivity index (χ4v) is 2.76. The lowest BCUT2D eigenvalue weighted by atomic mass is 9.96. The lowest BCUT2D eigenvalue weighted by molar-refractivity contribution is -0.136. The van der Waals surface area contributed by atoms with Gasteiger partial charge < -0.3 is 9.64 Å². The lowest BCUT2D eigenvalue weighted by Crippen LogP contribution is -2.46. The highest BCUT2D eigenvalue weighted by molar-refractivity contribution is 6.21. The van der Waals surface area contributed by atoms with Gasteiger partial charge in [0.05, 0.1) is 24.0 Å². The van der Waals surface area contributed by atoms with E-state index >= 15 is 0 Å². The highest BCUT2D eigenvalue weighted by atomic mass is 35.5. The molecule has 3 nitrogen and oxygen atoms in total. The Balaban J connectivity index is 1.90. The van der Waals surface area contributed by atoms with Crippen molar-refractivity contribution in [2.24, 2.45) is 11.8 Å². The van der Waals surface area contributed by atoms with E-state index in [4.69, 9.17) is 16.3 Å². The van der Waals surface area contributed by atoms with Crippen molar-refractivity contribution in [1.82, 2.24) is 4.90 Å².